The van der Waals surface area contributed by atoms with Crippen LogP contribution in [-0.4, -0.2) is 25.0 Å². The zero-order valence-corrected chi connectivity index (χ0v) is 7.27. The molecule has 9 heavy (non-hydrogen) atoms. The van der Waals surface area contributed by atoms with E-state index in [0.29, 0.717) is 5.90 Å². The minimum Gasteiger partial charge on any atom is -0.484 e. The van der Waals surface area contributed by atoms with Gasteiger partial charge in [-0.25, -0.2) is 0 Å². The van der Waals surface area contributed by atoms with Gasteiger partial charge < -0.3 is 4.74 Å². The predicted octanol–water partition coefficient (Wildman–Crippen LogP) is 1.78. The standard InChI is InChI=1S/C5H11NOS.ClH/c1-7-5(6)3-4-8-2;/h6H,3-4H2,1-2H3;1H. The topological polar surface area (TPSA) is 33.1 Å². The van der Waals surface area contributed by atoms with E-state index in [9.17, 15) is 0 Å². The molecule has 0 saturated heterocycles. The molecule has 0 aromatic carbocycles. The van der Waals surface area contributed by atoms with E-state index < -0.39 is 0 Å². The number of halogens is 1. The third-order valence-electron chi connectivity index (χ3n) is 0.780. The van der Waals surface area contributed by atoms with E-state index in [-0.39, 0.29) is 12.4 Å². The van der Waals surface area contributed by atoms with E-state index in [2.05, 4.69) is 4.74 Å². The smallest absolute Gasteiger partial charge is 0.180 e. The minimum atomic E-state index is 0. The number of nitrogens with one attached hydrogen (secondary N) is 1. The molecule has 0 aliphatic heterocycles. The Hall–Kier alpha value is 0.110. The van der Waals surface area contributed by atoms with Gasteiger partial charge in [-0.2, -0.15) is 11.8 Å². The monoisotopic (exact) mass is 169 g/mol. The lowest BCUT2D eigenvalue weighted by atomic mass is 10.5. The van der Waals surface area contributed by atoms with Crippen LogP contribution in [0.4, 0.5) is 0 Å². The van der Waals surface area contributed by atoms with E-state index in [0.717, 1.165) is 12.2 Å². The van der Waals surface area contributed by atoms with Gasteiger partial charge in [0.05, 0.1) is 7.11 Å². The number of hydrogen-bond donors (Lipinski definition) is 1. The summed E-state index contributed by atoms with van der Waals surface area (Å²) in [5.74, 6) is 1.35. The van der Waals surface area contributed by atoms with Gasteiger partial charge >= 0.3 is 0 Å². The fraction of sp³-hybridized carbons (Fsp3) is 0.800. The summed E-state index contributed by atoms with van der Waals surface area (Å²) < 4.78 is 4.62. The maximum absolute atomic E-state index is 7.01. The van der Waals surface area contributed by atoms with Crippen molar-refractivity contribution in [3.63, 3.8) is 0 Å². The first-order valence-electron chi connectivity index (χ1n) is 2.41. The largest absolute Gasteiger partial charge is 0.484 e. The van der Waals surface area contributed by atoms with Crippen LogP contribution in [0.15, 0.2) is 0 Å². The van der Waals surface area contributed by atoms with Crippen molar-refractivity contribution in [1.82, 2.24) is 0 Å². The molecule has 56 valence electrons. The molecule has 0 unspecified atom stereocenters. The maximum Gasteiger partial charge on any atom is 0.180 e. The summed E-state index contributed by atoms with van der Waals surface area (Å²) in [5, 5.41) is 7.01. The Balaban J connectivity index is 0. The third-order valence-corrected chi connectivity index (χ3v) is 1.39. The predicted molar refractivity (Wildman–Crippen MR) is 45.0 cm³/mol. The van der Waals surface area contributed by atoms with E-state index in [1.54, 1.807) is 11.8 Å². The molecular weight excluding hydrogens is 158 g/mol. The summed E-state index contributed by atoms with van der Waals surface area (Å²) in [6, 6.07) is 0. The summed E-state index contributed by atoms with van der Waals surface area (Å²) in [6.45, 7) is 0. The van der Waals surface area contributed by atoms with Crippen molar-refractivity contribution in [2.75, 3.05) is 19.1 Å². The number of hydrogen-bond acceptors (Lipinski definition) is 3. The molecule has 0 aromatic heterocycles. The van der Waals surface area contributed by atoms with E-state index in [1.165, 1.54) is 7.11 Å². The van der Waals surface area contributed by atoms with E-state index in [1.807, 2.05) is 6.26 Å². The average molecular weight is 170 g/mol. The summed E-state index contributed by atoms with van der Waals surface area (Å²) in [4.78, 5) is 0. The zero-order valence-electron chi connectivity index (χ0n) is 5.64. The molecule has 0 spiro atoms. The minimum absolute atomic E-state index is 0. The molecule has 0 rings (SSSR count). The molecule has 0 amide bonds. The van der Waals surface area contributed by atoms with Crippen LogP contribution in [0.25, 0.3) is 0 Å². The van der Waals surface area contributed by atoms with Crippen molar-refractivity contribution in [3.8, 4) is 0 Å². The molecule has 1 N–H and O–H groups in total. The van der Waals surface area contributed by atoms with Crippen LogP contribution in [0.2, 0.25) is 0 Å². The molecule has 0 aliphatic rings. The number of thioether (sulfide) groups is 1. The van der Waals surface area contributed by atoms with Gasteiger partial charge in [-0.05, 0) is 6.26 Å². The zero-order chi connectivity index (χ0) is 6.41. The van der Waals surface area contributed by atoms with Gasteiger partial charge in [0.1, 0.15) is 0 Å². The number of methoxy groups -OCH3 is 1. The van der Waals surface area contributed by atoms with Crippen LogP contribution in [0, 0.1) is 5.41 Å². The van der Waals surface area contributed by atoms with Gasteiger partial charge in [0, 0.05) is 12.2 Å². The Morgan fingerprint density at radius 2 is 2.22 bits per heavy atom. The van der Waals surface area contributed by atoms with Crippen LogP contribution >= 0.6 is 24.2 Å². The molecule has 0 heterocycles. The summed E-state index contributed by atoms with van der Waals surface area (Å²) in [6.07, 6.45) is 2.76. The van der Waals surface area contributed by atoms with Gasteiger partial charge in [0.2, 0.25) is 0 Å². The third kappa shape index (κ3) is 8.11. The average Bonchev–Trinajstić information content (AvgIpc) is 1.83. The Bertz CT molecular complexity index is 79.4. The highest BCUT2D eigenvalue weighted by atomic mass is 35.5. The summed E-state index contributed by atoms with van der Waals surface area (Å²) in [5.41, 5.74) is 0. The molecule has 0 aromatic rings. The van der Waals surface area contributed by atoms with Gasteiger partial charge in [-0.15, -0.1) is 12.4 Å². The first kappa shape index (κ1) is 11.9. The summed E-state index contributed by atoms with van der Waals surface area (Å²) >= 11 is 1.72. The van der Waals surface area contributed by atoms with Crippen molar-refractivity contribution >= 4 is 30.1 Å². The molecule has 0 saturated carbocycles. The van der Waals surface area contributed by atoms with Crippen molar-refractivity contribution in [2.45, 2.75) is 6.42 Å². The van der Waals surface area contributed by atoms with Crippen LogP contribution in [0.5, 0.6) is 0 Å². The van der Waals surface area contributed by atoms with Crippen molar-refractivity contribution in [2.24, 2.45) is 0 Å². The normalized spacial score (nSPS) is 7.78. The Morgan fingerprint density at radius 1 is 1.67 bits per heavy atom. The molecule has 0 radical (unpaired) electrons. The molecule has 4 heteroatoms. The van der Waals surface area contributed by atoms with Gasteiger partial charge in [0.25, 0.3) is 0 Å². The highest BCUT2D eigenvalue weighted by Crippen LogP contribution is 1.95. The first-order valence-corrected chi connectivity index (χ1v) is 3.81. The number of ether oxygens (including phenoxy) is 1. The highest BCUT2D eigenvalue weighted by molar-refractivity contribution is 7.98. The molecular formula is C5H12ClNOS. The summed E-state index contributed by atoms with van der Waals surface area (Å²) in [7, 11) is 1.53. The van der Waals surface area contributed by atoms with Crippen molar-refractivity contribution in [1.29, 1.82) is 5.41 Å². The second-order valence-corrected chi connectivity index (χ2v) is 2.36. The molecule has 0 atom stereocenters. The molecule has 0 aliphatic carbocycles. The van der Waals surface area contributed by atoms with Crippen molar-refractivity contribution < 1.29 is 4.74 Å². The lowest BCUT2D eigenvalue weighted by Gasteiger charge is -1.97. The Labute approximate surface area is 66.3 Å². The van der Waals surface area contributed by atoms with Crippen LogP contribution in [0.1, 0.15) is 6.42 Å². The first-order chi connectivity index (χ1) is 3.81. The fourth-order valence-electron chi connectivity index (χ4n) is 0.297. The maximum atomic E-state index is 7.01. The second kappa shape index (κ2) is 8.11. The van der Waals surface area contributed by atoms with Gasteiger partial charge in [-0.3, -0.25) is 5.41 Å². The highest BCUT2D eigenvalue weighted by Gasteiger charge is 1.90. The molecule has 0 fully saturated rings. The molecule has 2 nitrogen and oxygen atoms in total. The lowest BCUT2D eigenvalue weighted by molar-refractivity contribution is 0.389. The van der Waals surface area contributed by atoms with Gasteiger partial charge in [0.15, 0.2) is 5.90 Å². The lowest BCUT2D eigenvalue weighted by Crippen LogP contribution is -1.99. The SMILES string of the molecule is COC(=N)CCSC.Cl. The van der Waals surface area contributed by atoms with Crippen LogP contribution < -0.4 is 0 Å². The van der Waals surface area contributed by atoms with E-state index in [4.69, 9.17) is 5.41 Å². The molecule has 0 bridgehead atoms. The van der Waals surface area contributed by atoms with Crippen LogP contribution in [0.3, 0.4) is 0 Å². The van der Waals surface area contributed by atoms with Gasteiger partial charge in [-0.1, -0.05) is 0 Å². The fourth-order valence-corrected chi connectivity index (χ4v) is 0.686. The van der Waals surface area contributed by atoms with Crippen molar-refractivity contribution in [3.05, 3.63) is 0 Å². The Morgan fingerprint density at radius 3 is 2.56 bits per heavy atom. The Kier molecular flexibility index (Phi) is 10.7. The quantitative estimate of drug-likeness (QED) is 0.516. The number of rotatable bonds is 3. The second-order valence-electron chi connectivity index (χ2n) is 1.37. The van der Waals surface area contributed by atoms with E-state index >= 15 is 0 Å². The van der Waals surface area contributed by atoms with Crippen LogP contribution in [-0.2, 0) is 4.74 Å².